The minimum Gasteiger partial charge on any atom is -0.328 e. The Kier molecular flexibility index (Phi) is 3.33. The summed E-state index contributed by atoms with van der Waals surface area (Å²) in [4.78, 5) is 2.77. The van der Waals surface area contributed by atoms with Crippen LogP contribution >= 0.6 is 0 Å². The van der Waals surface area contributed by atoms with Crippen molar-refractivity contribution < 1.29 is 0 Å². The van der Waals surface area contributed by atoms with E-state index in [4.69, 9.17) is 5.73 Å². The number of hydrogen-bond donors (Lipinski definition) is 1. The van der Waals surface area contributed by atoms with Gasteiger partial charge in [0.1, 0.15) is 0 Å². The van der Waals surface area contributed by atoms with Gasteiger partial charge in [0.2, 0.25) is 0 Å². The van der Waals surface area contributed by atoms with Crippen molar-refractivity contribution in [1.82, 2.24) is 4.90 Å². The Morgan fingerprint density at radius 3 is 2.12 bits per heavy atom. The molecular weight excluding hydrogens is 196 g/mol. The summed E-state index contributed by atoms with van der Waals surface area (Å²) in [7, 11) is 0. The molecule has 16 heavy (non-hydrogen) atoms. The summed E-state index contributed by atoms with van der Waals surface area (Å²) in [5.74, 6) is 0.752. The van der Waals surface area contributed by atoms with E-state index in [1.807, 2.05) is 0 Å². The molecule has 0 saturated carbocycles. The fourth-order valence-corrected chi connectivity index (χ4v) is 3.23. The van der Waals surface area contributed by atoms with Crippen molar-refractivity contribution >= 4 is 0 Å². The highest BCUT2D eigenvalue weighted by atomic mass is 15.2. The Morgan fingerprint density at radius 2 is 1.69 bits per heavy atom. The van der Waals surface area contributed by atoms with Crippen LogP contribution in [-0.2, 0) is 0 Å². The molecule has 0 aromatic carbocycles. The third-order valence-corrected chi connectivity index (χ3v) is 5.07. The Morgan fingerprint density at radius 1 is 1.19 bits per heavy atom. The van der Waals surface area contributed by atoms with Crippen molar-refractivity contribution in [2.75, 3.05) is 6.54 Å². The maximum Gasteiger partial charge on any atom is 0.0114 e. The van der Waals surface area contributed by atoms with Gasteiger partial charge >= 0.3 is 0 Å². The molecule has 2 unspecified atom stereocenters. The van der Waals surface area contributed by atoms with Gasteiger partial charge in [0, 0.05) is 24.7 Å². The Hall–Kier alpha value is -0.0800. The molecule has 2 N–H and O–H groups in total. The number of fused-ring (bicyclic) bond motifs is 2. The van der Waals surface area contributed by atoms with Crippen molar-refractivity contribution in [3.63, 3.8) is 0 Å². The van der Waals surface area contributed by atoms with Gasteiger partial charge in [0.25, 0.3) is 0 Å². The van der Waals surface area contributed by atoms with E-state index in [2.05, 4.69) is 32.6 Å². The number of hydrogen-bond acceptors (Lipinski definition) is 2. The summed E-state index contributed by atoms with van der Waals surface area (Å²) in [5.41, 5.74) is 6.55. The SMILES string of the molecule is CC(C)C(C)(C)CN1C2CCC1CC(N)C2. The normalized spacial score (nSPS) is 36.0. The minimum absolute atomic E-state index is 0.433. The third kappa shape index (κ3) is 2.28. The van der Waals surface area contributed by atoms with E-state index in [0.29, 0.717) is 11.5 Å². The largest absolute Gasteiger partial charge is 0.328 e. The van der Waals surface area contributed by atoms with Crippen molar-refractivity contribution in [3.05, 3.63) is 0 Å². The average molecular weight is 224 g/mol. The van der Waals surface area contributed by atoms with Gasteiger partial charge in [-0.25, -0.2) is 0 Å². The summed E-state index contributed by atoms with van der Waals surface area (Å²) in [6.07, 6.45) is 5.22. The fraction of sp³-hybridized carbons (Fsp3) is 1.00. The van der Waals surface area contributed by atoms with Gasteiger partial charge < -0.3 is 5.73 Å². The molecule has 2 bridgehead atoms. The van der Waals surface area contributed by atoms with Crippen LogP contribution in [0.4, 0.5) is 0 Å². The molecule has 2 fully saturated rings. The monoisotopic (exact) mass is 224 g/mol. The molecule has 2 aliphatic rings. The van der Waals surface area contributed by atoms with E-state index in [-0.39, 0.29) is 0 Å². The highest BCUT2D eigenvalue weighted by Gasteiger charge is 2.41. The van der Waals surface area contributed by atoms with Crippen LogP contribution in [0.15, 0.2) is 0 Å². The second-order valence-corrected chi connectivity index (χ2v) is 6.93. The second kappa shape index (κ2) is 4.30. The van der Waals surface area contributed by atoms with Gasteiger partial charge in [0.05, 0.1) is 0 Å². The Bertz CT molecular complexity index is 233. The lowest BCUT2D eigenvalue weighted by Gasteiger charge is -2.43. The molecular formula is C14H28N2. The summed E-state index contributed by atoms with van der Waals surface area (Å²) in [6.45, 7) is 10.8. The molecule has 2 heterocycles. The Labute approximate surface area is 101 Å². The van der Waals surface area contributed by atoms with Crippen LogP contribution in [0.1, 0.15) is 53.4 Å². The van der Waals surface area contributed by atoms with Crippen LogP contribution in [0.25, 0.3) is 0 Å². The molecule has 94 valence electrons. The number of piperidine rings is 1. The molecule has 0 aromatic rings. The first-order valence-electron chi connectivity index (χ1n) is 6.91. The van der Waals surface area contributed by atoms with Crippen molar-refractivity contribution in [3.8, 4) is 0 Å². The maximum absolute atomic E-state index is 6.11. The number of rotatable bonds is 3. The maximum atomic E-state index is 6.11. The smallest absolute Gasteiger partial charge is 0.0114 e. The molecule has 0 aliphatic carbocycles. The van der Waals surface area contributed by atoms with Gasteiger partial charge in [-0.05, 0) is 37.0 Å². The van der Waals surface area contributed by atoms with E-state index in [0.717, 1.165) is 18.0 Å². The lowest BCUT2D eigenvalue weighted by atomic mass is 9.79. The zero-order chi connectivity index (χ0) is 11.9. The molecule has 2 nitrogen and oxygen atoms in total. The first-order chi connectivity index (χ1) is 7.40. The van der Waals surface area contributed by atoms with Crippen molar-refractivity contribution in [1.29, 1.82) is 0 Å². The lowest BCUT2D eigenvalue weighted by molar-refractivity contribution is 0.0605. The van der Waals surface area contributed by atoms with Crippen LogP contribution < -0.4 is 5.73 Å². The quantitative estimate of drug-likeness (QED) is 0.798. The number of nitrogens with zero attached hydrogens (tertiary/aromatic N) is 1. The molecule has 2 rings (SSSR count). The van der Waals surface area contributed by atoms with Gasteiger partial charge in [0.15, 0.2) is 0 Å². The van der Waals surface area contributed by atoms with E-state index in [1.165, 1.54) is 32.2 Å². The lowest BCUT2D eigenvalue weighted by Crippen LogP contribution is -2.51. The second-order valence-electron chi connectivity index (χ2n) is 6.93. The standard InChI is InChI=1S/C14H28N2/c1-10(2)14(3,4)9-16-12-5-6-13(16)8-11(15)7-12/h10-13H,5-9,15H2,1-4H3. The van der Waals surface area contributed by atoms with Gasteiger partial charge in [-0.1, -0.05) is 27.7 Å². The van der Waals surface area contributed by atoms with Gasteiger partial charge in [-0.2, -0.15) is 0 Å². The van der Waals surface area contributed by atoms with E-state index in [9.17, 15) is 0 Å². The Balaban J connectivity index is 2.01. The molecule has 0 spiro atoms. The molecule has 0 radical (unpaired) electrons. The summed E-state index contributed by atoms with van der Waals surface area (Å²) >= 11 is 0. The molecule has 2 atom stereocenters. The van der Waals surface area contributed by atoms with Crippen molar-refractivity contribution in [2.24, 2.45) is 17.1 Å². The topological polar surface area (TPSA) is 29.3 Å². The van der Waals surface area contributed by atoms with Gasteiger partial charge in [-0.3, -0.25) is 4.90 Å². The van der Waals surface area contributed by atoms with Crippen LogP contribution in [0.2, 0.25) is 0 Å². The zero-order valence-corrected chi connectivity index (χ0v) is 11.4. The van der Waals surface area contributed by atoms with Crippen molar-refractivity contribution in [2.45, 2.75) is 71.5 Å². The highest BCUT2D eigenvalue weighted by molar-refractivity contribution is 4.98. The van der Waals surface area contributed by atoms with Crippen LogP contribution in [0.3, 0.4) is 0 Å². The fourth-order valence-electron chi connectivity index (χ4n) is 3.23. The van der Waals surface area contributed by atoms with Crippen LogP contribution in [0.5, 0.6) is 0 Å². The predicted octanol–water partition coefficient (Wildman–Crippen LogP) is 2.62. The molecule has 0 aromatic heterocycles. The third-order valence-electron chi connectivity index (χ3n) is 5.07. The summed E-state index contributed by atoms with van der Waals surface area (Å²) in [6, 6.07) is 2.04. The van der Waals surface area contributed by atoms with E-state index < -0.39 is 0 Å². The number of nitrogens with two attached hydrogens (primary N) is 1. The van der Waals surface area contributed by atoms with E-state index in [1.54, 1.807) is 0 Å². The average Bonchev–Trinajstić information content (AvgIpc) is 2.43. The highest BCUT2D eigenvalue weighted by Crippen LogP contribution is 2.39. The van der Waals surface area contributed by atoms with E-state index >= 15 is 0 Å². The van der Waals surface area contributed by atoms with Crippen LogP contribution in [-0.4, -0.2) is 29.6 Å². The zero-order valence-electron chi connectivity index (χ0n) is 11.4. The first kappa shape index (κ1) is 12.4. The first-order valence-corrected chi connectivity index (χ1v) is 6.91. The molecule has 2 aliphatic heterocycles. The van der Waals surface area contributed by atoms with Crippen LogP contribution in [0, 0.1) is 11.3 Å². The summed E-state index contributed by atoms with van der Waals surface area (Å²) < 4.78 is 0. The minimum atomic E-state index is 0.433. The summed E-state index contributed by atoms with van der Waals surface area (Å²) in [5, 5.41) is 0. The van der Waals surface area contributed by atoms with Gasteiger partial charge in [-0.15, -0.1) is 0 Å². The molecule has 2 heteroatoms. The molecule has 0 amide bonds. The molecule has 2 saturated heterocycles. The predicted molar refractivity (Wildman–Crippen MR) is 69.3 cm³/mol.